The zero-order valence-corrected chi connectivity index (χ0v) is 33.0. The monoisotopic (exact) mass is 773 g/mol. The number of benzene rings is 2. The molecule has 2 aromatic carbocycles. The predicted octanol–water partition coefficient (Wildman–Crippen LogP) is 1.18. The maximum atomic E-state index is 14.8. The number of amides is 6. The van der Waals surface area contributed by atoms with E-state index in [0.717, 1.165) is 36.0 Å². The Morgan fingerprint density at radius 1 is 0.804 bits per heavy atom. The van der Waals surface area contributed by atoms with E-state index in [9.17, 15) is 28.8 Å². The lowest BCUT2D eigenvalue weighted by molar-refractivity contribution is -0.146. The molecule has 5 atom stereocenters. The summed E-state index contributed by atoms with van der Waals surface area (Å²) in [4.78, 5) is 87.7. The first-order chi connectivity index (χ1) is 26.8. The van der Waals surface area contributed by atoms with E-state index in [1.807, 2.05) is 68.4 Å². The molecule has 1 saturated carbocycles. The van der Waals surface area contributed by atoms with E-state index in [4.69, 9.17) is 11.5 Å². The molecule has 15 heteroatoms. The summed E-state index contributed by atoms with van der Waals surface area (Å²) in [6, 6.07) is 12.0. The van der Waals surface area contributed by atoms with Gasteiger partial charge in [0, 0.05) is 39.9 Å². The van der Waals surface area contributed by atoms with Crippen LogP contribution in [0.5, 0.6) is 0 Å². The van der Waals surface area contributed by atoms with Gasteiger partial charge in [-0.25, -0.2) is 0 Å². The number of hydrogen-bond donors (Lipinski definition) is 7. The summed E-state index contributed by atoms with van der Waals surface area (Å²) >= 11 is 0. The van der Waals surface area contributed by atoms with Gasteiger partial charge in [-0.05, 0) is 54.2 Å². The number of hydrogen-bond acceptors (Lipinski definition) is 7. The largest absolute Gasteiger partial charge is 0.370 e. The van der Waals surface area contributed by atoms with Crippen molar-refractivity contribution in [3.63, 3.8) is 0 Å². The summed E-state index contributed by atoms with van der Waals surface area (Å²) in [5.41, 5.74) is 13.7. The molecule has 1 aliphatic heterocycles. The van der Waals surface area contributed by atoms with Crippen molar-refractivity contribution in [1.29, 1.82) is 0 Å². The molecule has 1 heterocycles. The molecule has 6 amide bonds. The molecule has 0 spiro atoms. The number of aliphatic imine (C=N–C) groups is 1. The van der Waals surface area contributed by atoms with E-state index in [2.05, 4.69) is 31.6 Å². The highest BCUT2D eigenvalue weighted by Gasteiger charge is 2.41. The van der Waals surface area contributed by atoms with Crippen LogP contribution in [0, 0.1) is 11.8 Å². The summed E-state index contributed by atoms with van der Waals surface area (Å²) in [5, 5.41) is 14.1. The van der Waals surface area contributed by atoms with Crippen molar-refractivity contribution < 1.29 is 28.8 Å². The fourth-order valence-corrected chi connectivity index (χ4v) is 7.57. The molecule has 9 N–H and O–H groups in total. The van der Waals surface area contributed by atoms with Crippen LogP contribution in [0.25, 0.3) is 0 Å². The molecule has 1 unspecified atom stereocenters. The smallest absolute Gasteiger partial charge is 0.246 e. The first-order valence-corrected chi connectivity index (χ1v) is 19.6. The topological polar surface area (TPSA) is 230 Å². The number of guanidine groups is 1. The highest BCUT2D eigenvalue weighted by Crippen LogP contribution is 2.28. The fourth-order valence-electron chi connectivity index (χ4n) is 7.57. The second-order valence-corrected chi connectivity index (χ2v) is 15.1. The van der Waals surface area contributed by atoms with Gasteiger partial charge in [0.2, 0.25) is 35.4 Å². The van der Waals surface area contributed by atoms with Crippen molar-refractivity contribution in [3.05, 3.63) is 71.3 Å². The number of carbonyl (C=O) groups is 6. The van der Waals surface area contributed by atoms with E-state index < -0.39 is 53.8 Å². The van der Waals surface area contributed by atoms with Crippen LogP contribution in [0.2, 0.25) is 0 Å². The molecule has 2 aromatic rings. The molecule has 0 radical (unpaired) electrons. The van der Waals surface area contributed by atoms with Crippen LogP contribution in [0.3, 0.4) is 0 Å². The predicted molar refractivity (Wildman–Crippen MR) is 213 cm³/mol. The average molecular weight is 774 g/mol. The molecule has 4 rings (SSSR count). The van der Waals surface area contributed by atoms with Crippen molar-refractivity contribution in [2.75, 3.05) is 13.6 Å². The minimum Gasteiger partial charge on any atom is -0.370 e. The third kappa shape index (κ3) is 12.3. The fraction of sp³-hybridized carbons (Fsp3) is 0.537. The van der Waals surface area contributed by atoms with E-state index in [0.29, 0.717) is 19.3 Å². The van der Waals surface area contributed by atoms with Gasteiger partial charge in [-0.2, -0.15) is 0 Å². The van der Waals surface area contributed by atoms with Crippen LogP contribution in [0.1, 0.15) is 82.4 Å². The van der Waals surface area contributed by atoms with Gasteiger partial charge in [0.15, 0.2) is 5.96 Å². The van der Waals surface area contributed by atoms with Gasteiger partial charge in [0.25, 0.3) is 0 Å². The Kier molecular flexibility index (Phi) is 16.2. The summed E-state index contributed by atoms with van der Waals surface area (Å²) in [5.74, 6) is -3.32. The van der Waals surface area contributed by atoms with Gasteiger partial charge in [-0.3, -0.25) is 33.8 Å². The summed E-state index contributed by atoms with van der Waals surface area (Å²) in [7, 11) is 1.50. The van der Waals surface area contributed by atoms with Crippen LogP contribution in [0.15, 0.2) is 59.6 Å². The van der Waals surface area contributed by atoms with Crippen molar-refractivity contribution >= 4 is 41.4 Å². The van der Waals surface area contributed by atoms with Crippen LogP contribution in [-0.4, -0.2) is 90.1 Å². The number of likely N-dealkylation sites (N-methyl/N-ethyl adjacent to an activating group) is 1. The van der Waals surface area contributed by atoms with E-state index >= 15 is 0 Å². The minimum atomic E-state index is -1.12. The number of nitrogens with two attached hydrogens (primary N) is 2. The lowest BCUT2D eigenvalue weighted by Crippen LogP contribution is -2.62. The normalized spacial score (nSPS) is 17.6. The maximum absolute atomic E-state index is 14.8. The summed E-state index contributed by atoms with van der Waals surface area (Å²) < 4.78 is 0. The van der Waals surface area contributed by atoms with Crippen LogP contribution in [-0.2, 0) is 48.2 Å². The molecule has 2 aliphatic rings. The number of nitrogens with zero attached hydrogens (tertiary/aromatic N) is 2. The van der Waals surface area contributed by atoms with Gasteiger partial charge in [-0.15, -0.1) is 0 Å². The highest BCUT2D eigenvalue weighted by molar-refractivity contribution is 5.97. The third-order valence-electron chi connectivity index (χ3n) is 10.6. The Labute approximate surface area is 329 Å². The first kappa shape index (κ1) is 43.3. The van der Waals surface area contributed by atoms with Gasteiger partial charge >= 0.3 is 0 Å². The first-order valence-electron chi connectivity index (χ1n) is 19.6. The Morgan fingerprint density at radius 2 is 1.46 bits per heavy atom. The van der Waals surface area contributed by atoms with Gasteiger partial charge < -0.3 is 43.0 Å². The zero-order chi connectivity index (χ0) is 40.8. The van der Waals surface area contributed by atoms with Crippen LogP contribution >= 0.6 is 0 Å². The minimum absolute atomic E-state index is 0.0895. The second-order valence-electron chi connectivity index (χ2n) is 15.1. The third-order valence-corrected chi connectivity index (χ3v) is 10.6. The SMILES string of the molecule is CNC(=O)[C@H](Cc1ccccc1)NC(=O)[C@@H]1Cc2ccccc2CN1C(=O)[C@H](CCCN=C(N)N)NC(=O)C(NC(=O)[C@@H](NC(C)=O)C(C)C)C1CCCCC1. The molecular formula is C41H59N9O6. The van der Waals surface area contributed by atoms with E-state index in [1.165, 1.54) is 18.9 Å². The Morgan fingerprint density at radius 3 is 2.09 bits per heavy atom. The quantitative estimate of drug-likeness (QED) is 0.0700. The molecule has 56 heavy (non-hydrogen) atoms. The Hall–Kier alpha value is -5.47. The molecule has 1 fully saturated rings. The van der Waals surface area contributed by atoms with Gasteiger partial charge in [0.05, 0.1) is 0 Å². The number of carbonyl (C=O) groups excluding carboxylic acids is 6. The maximum Gasteiger partial charge on any atom is 0.246 e. The molecule has 0 saturated heterocycles. The zero-order valence-electron chi connectivity index (χ0n) is 33.0. The van der Waals surface area contributed by atoms with Gasteiger partial charge in [0.1, 0.15) is 30.2 Å². The van der Waals surface area contributed by atoms with Gasteiger partial charge in [-0.1, -0.05) is 87.7 Å². The summed E-state index contributed by atoms with van der Waals surface area (Å²) in [6.07, 6.45) is 5.07. The Bertz CT molecular complexity index is 1710. The molecule has 15 nitrogen and oxygen atoms in total. The van der Waals surface area contributed by atoms with Crippen molar-refractivity contribution in [3.8, 4) is 0 Å². The van der Waals surface area contributed by atoms with Crippen molar-refractivity contribution in [2.24, 2.45) is 28.3 Å². The second kappa shape index (κ2) is 21.0. The van der Waals surface area contributed by atoms with Crippen molar-refractivity contribution in [1.82, 2.24) is 31.5 Å². The number of fused-ring (bicyclic) bond motifs is 1. The lowest BCUT2D eigenvalue weighted by atomic mass is 9.83. The molecule has 0 aromatic heterocycles. The van der Waals surface area contributed by atoms with Crippen LogP contribution < -0.4 is 38.1 Å². The average Bonchev–Trinajstić information content (AvgIpc) is 3.19. The molecule has 1 aliphatic carbocycles. The molecular weight excluding hydrogens is 715 g/mol. The molecule has 304 valence electrons. The number of nitrogens with one attached hydrogen (secondary N) is 5. The van der Waals surface area contributed by atoms with E-state index in [1.54, 1.807) is 0 Å². The summed E-state index contributed by atoms with van der Waals surface area (Å²) in [6.45, 7) is 5.23. The number of rotatable bonds is 17. The highest BCUT2D eigenvalue weighted by atomic mass is 16.2. The lowest BCUT2D eigenvalue weighted by Gasteiger charge is -2.39. The standard InChI is InChI=1S/C41H59N9O6/c1-25(2)34(46-26(3)51)38(54)49-35(28-16-9-6-10-17-28)39(55)47-31(20-13-21-45-41(42)43)40(56)50-24-30-19-12-11-18-29(30)23-33(50)37(53)48-32(36(52)44-4)22-27-14-7-5-8-15-27/h5,7-8,11-12,14-15,18-19,25,28,31-35H,6,9-10,13,16-17,20-24H2,1-4H3,(H,44,52)(H,46,51)(H,47,55)(H,48,53)(H,49,54)(H4,42,43,45)/t31-,32-,33-,34-,35?/m0/s1. The van der Waals surface area contributed by atoms with E-state index in [-0.39, 0.29) is 62.0 Å². The van der Waals surface area contributed by atoms with Crippen LogP contribution in [0.4, 0.5) is 0 Å². The van der Waals surface area contributed by atoms with Crippen molar-refractivity contribution in [2.45, 2.75) is 115 Å². The molecule has 0 bridgehead atoms. The Balaban J connectivity index is 1.66.